The molecule has 1 aromatic heterocycles. The molecule has 0 saturated carbocycles. The number of anilines is 1. The fourth-order valence-corrected chi connectivity index (χ4v) is 4.10. The lowest BCUT2D eigenvalue weighted by molar-refractivity contribution is -0.128. The smallest absolute Gasteiger partial charge is 0.233 e. The molecule has 1 atom stereocenters. The average Bonchev–Trinajstić information content (AvgIpc) is 3.25. The predicted molar refractivity (Wildman–Crippen MR) is 106 cm³/mol. The summed E-state index contributed by atoms with van der Waals surface area (Å²) in [5, 5.41) is 2.68. The van der Waals surface area contributed by atoms with Crippen molar-refractivity contribution in [2.45, 2.75) is 32.1 Å². The van der Waals surface area contributed by atoms with E-state index in [2.05, 4.69) is 5.32 Å². The highest BCUT2D eigenvalue weighted by atomic mass is 32.2. The third-order valence-corrected chi connectivity index (χ3v) is 5.43. The van der Waals surface area contributed by atoms with Crippen molar-refractivity contribution >= 4 is 29.3 Å². The van der Waals surface area contributed by atoms with E-state index in [4.69, 9.17) is 9.15 Å². The molecule has 1 N–H and O–H groups in total. The van der Waals surface area contributed by atoms with Crippen molar-refractivity contribution < 1.29 is 18.7 Å². The standard InChI is InChI=1S/C20H24N2O4S/c1-3-16-8-9-18(26-16)20-22(19(24)13-27-20)10-5-11-25-17-7-4-6-15(12-17)21-14(2)23/h4,6-9,12,20H,3,5,10-11,13H2,1-2H3,(H,21,23). The number of thioether (sulfide) groups is 1. The monoisotopic (exact) mass is 388 g/mol. The number of amides is 2. The summed E-state index contributed by atoms with van der Waals surface area (Å²) in [6, 6.07) is 11.2. The molecule has 1 aliphatic rings. The van der Waals surface area contributed by atoms with Crippen LogP contribution in [0.15, 0.2) is 40.8 Å². The molecule has 2 heterocycles. The Morgan fingerprint density at radius 2 is 2.22 bits per heavy atom. The highest BCUT2D eigenvalue weighted by molar-refractivity contribution is 8.00. The average molecular weight is 388 g/mol. The molecule has 1 saturated heterocycles. The number of hydrogen-bond donors (Lipinski definition) is 1. The van der Waals surface area contributed by atoms with Gasteiger partial charge >= 0.3 is 0 Å². The maximum absolute atomic E-state index is 12.2. The molecule has 0 bridgehead atoms. The van der Waals surface area contributed by atoms with Crippen LogP contribution in [0.3, 0.4) is 0 Å². The Bertz CT molecular complexity index is 805. The zero-order valence-electron chi connectivity index (χ0n) is 15.6. The number of benzene rings is 1. The second-order valence-corrected chi connectivity index (χ2v) is 7.39. The lowest BCUT2D eigenvalue weighted by Crippen LogP contribution is -2.30. The molecule has 1 unspecified atom stereocenters. The van der Waals surface area contributed by atoms with Gasteiger partial charge in [0.1, 0.15) is 22.6 Å². The van der Waals surface area contributed by atoms with E-state index in [-0.39, 0.29) is 17.2 Å². The van der Waals surface area contributed by atoms with Gasteiger partial charge in [-0.1, -0.05) is 13.0 Å². The normalized spacial score (nSPS) is 16.6. The summed E-state index contributed by atoms with van der Waals surface area (Å²) in [6.45, 7) is 4.62. The zero-order valence-corrected chi connectivity index (χ0v) is 16.4. The molecule has 27 heavy (non-hydrogen) atoms. The fraction of sp³-hybridized carbons (Fsp3) is 0.400. The van der Waals surface area contributed by atoms with Crippen LogP contribution in [0, 0.1) is 0 Å². The van der Waals surface area contributed by atoms with Gasteiger partial charge in [-0.15, -0.1) is 11.8 Å². The van der Waals surface area contributed by atoms with Crippen LogP contribution in [0.1, 0.15) is 37.2 Å². The van der Waals surface area contributed by atoms with Crippen molar-refractivity contribution in [3.05, 3.63) is 47.9 Å². The quantitative estimate of drug-likeness (QED) is 0.696. The van der Waals surface area contributed by atoms with E-state index in [1.54, 1.807) is 17.8 Å². The number of ether oxygens (including phenoxy) is 1. The largest absolute Gasteiger partial charge is 0.493 e. The van der Waals surface area contributed by atoms with Crippen LogP contribution in [0.4, 0.5) is 5.69 Å². The van der Waals surface area contributed by atoms with E-state index < -0.39 is 0 Å². The number of furan rings is 1. The third-order valence-electron chi connectivity index (χ3n) is 4.21. The number of nitrogens with one attached hydrogen (secondary N) is 1. The van der Waals surface area contributed by atoms with Crippen LogP contribution in [0.25, 0.3) is 0 Å². The van der Waals surface area contributed by atoms with Gasteiger partial charge in [0.25, 0.3) is 0 Å². The van der Waals surface area contributed by atoms with Gasteiger partial charge in [-0.3, -0.25) is 9.59 Å². The highest BCUT2D eigenvalue weighted by Crippen LogP contribution is 2.39. The molecule has 0 radical (unpaired) electrons. The first kappa shape index (κ1) is 19.4. The Kier molecular flexibility index (Phi) is 6.45. The van der Waals surface area contributed by atoms with Gasteiger partial charge < -0.3 is 19.4 Å². The first-order chi connectivity index (χ1) is 13.1. The van der Waals surface area contributed by atoms with Crippen molar-refractivity contribution in [2.75, 3.05) is 24.2 Å². The minimum absolute atomic E-state index is 0.0547. The first-order valence-electron chi connectivity index (χ1n) is 9.07. The van der Waals surface area contributed by atoms with Gasteiger partial charge in [0.2, 0.25) is 11.8 Å². The Morgan fingerprint density at radius 3 is 2.96 bits per heavy atom. The summed E-state index contributed by atoms with van der Waals surface area (Å²) in [4.78, 5) is 25.2. The summed E-state index contributed by atoms with van der Waals surface area (Å²) in [6.07, 6.45) is 1.56. The molecule has 1 aliphatic heterocycles. The van der Waals surface area contributed by atoms with E-state index in [1.165, 1.54) is 6.92 Å². The van der Waals surface area contributed by atoms with E-state index >= 15 is 0 Å². The van der Waals surface area contributed by atoms with Crippen molar-refractivity contribution in [3.8, 4) is 5.75 Å². The van der Waals surface area contributed by atoms with Crippen LogP contribution in [-0.2, 0) is 16.0 Å². The van der Waals surface area contributed by atoms with Crippen molar-refractivity contribution in [3.63, 3.8) is 0 Å². The topological polar surface area (TPSA) is 71.8 Å². The zero-order chi connectivity index (χ0) is 19.2. The van der Waals surface area contributed by atoms with Crippen LogP contribution < -0.4 is 10.1 Å². The van der Waals surface area contributed by atoms with Crippen molar-refractivity contribution in [1.82, 2.24) is 4.90 Å². The Morgan fingerprint density at radius 1 is 1.37 bits per heavy atom. The molecular weight excluding hydrogens is 364 g/mol. The minimum Gasteiger partial charge on any atom is -0.493 e. The van der Waals surface area contributed by atoms with E-state index in [9.17, 15) is 9.59 Å². The van der Waals surface area contributed by atoms with Crippen LogP contribution in [0.5, 0.6) is 5.75 Å². The van der Waals surface area contributed by atoms with Gasteiger partial charge in [0.05, 0.1) is 12.4 Å². The lowest BCUT2D eigenvalue weighted by Gasteiger charge is -2.22. The van der Waals surface area contributed by atoms with Gasteiger partial charge in [0.15, 0.2) is 0 Å². The van der Waals surface area contributed by atoms with Crippen LogP contribution in [-0.4, -0.2) is 35.6 Å². The van der Waals surface area contributed by atoms with Crippen molar-refractivity contribution in [1.29, 1.82) is 0 Å². The van der Waals surface area contributed by atoms with E-state index in [1.807, 2.05) is 42.2 Å². The second kappa shape index (κ2) is 8.99. The predicted octanol–water partition coefficient (Wildman–Crippen LogP) is 3.84. The molecule has 6 nitrogen and oxygen atoms in total. The Hall–Kier alpha value is -2.41. The summed E-state index contributed by atoms with van der Waals surface area (Å²) < 4.78 is 11.6. The van der Waals surface area contributed by atoms with E-state index in [0.29, 0.717) is 36.8 Å². The first-order valence-corrected chi connectivity index (χ1v) is 10.1. The van der Waals surface area contributed by atoms with Gasteiger partial charge in [0, 0.05) is 31.6 Å². The summed E-state index contributed by atoms with van der Waals surface area (Å²) in [7, 11) is 0. The van der Waals surface area contributed by atoms with Crippen molar-refractivity contribution in [2.24, 2.45) is 0 Å². The van der Waals surface area contributed by atoms with Gasteiger partial charge in [-0.05, 0) is 30.7 Å². The number of carbonyl (C=O) groups excluding carboxylic acids is 2. The minimum atomic E-state index is -0.118. The molecule has 2 aromatic rings. The second-order valence-electron chi connectivity index (χ2n) is 6.32. The molecule has 3 rings (SSSR count). The summed E-state index contributed by atoms with van der Waals surface area (Å²) >= 11 is 1.60. The maximum Gasteiger partial charge on any atom is 0.233 e. The third kappa shape index (κ3) is 5.07. The lowest BCUT2D eigenvalue weighted by atomic mass is 10.3. The molecule has 0 spiro atoms. The molecule has 7 heteroatoms. The van der Waals surface area contributed by atoms with Crippen LogP contribution in [0.2, 0.25) is 0 Å². The molecule has 1 fully saturated rings. The Balaban J connectivity index is 1.51. The van der Waals surface area contributed by atoms with Crippen LogP contribution >= 0.6 is 11.8 Å². The number of nitrogens with zero attached hydrogens (tertiary/aromatic N) is 1. The SMILES string of the molecule is CCc1ccc(C2SCC(=O)N2CCCOc2cccc(NC(C)=O)c2)o1. The summed E-state index contributed by atoms with van der Waals surface area (Å²) in [5.74, 6) is 2.96. The van der Waals surface area contributed by atoms with E-state index in [0.717, 1.165) is 17.9 Å². The van der Waals surface area contributed by atoms with Gasteiger partial charge in [-0.2, -0.15) is 0 Å². The molecule has 1 aromatic carbocycles. The maximum atomic E-state index is 12.2. The number of carbonyl (C=O) groups is 2. The molecular formula is C20H24N2O4S. The molecule has 2 amide bonds. The Labute approximate surface area is 163 Å². The highest BCUT2D eigenvalue weighted by Gasteiger charge is 2.34. The van der Waals surface area contributed by atoms with Gasteiger partial charge in [-0.25, -0.2) is 0 Å². The molecule has 144 valence electrons. The molecule has 0 aliphatic carbocycles. The summed E-state index contributed by atoms with van der Waals surface area (Å²) in [5.41, 5.74) is 0.704. The number of hydrogen-bond acceptors (Lipinski definition) is 5. The number of aryl methyl sites for hydroxylation is 1. The fourth-order valence-electron chi connectivity index (χ4n) is 2.94. The number of rotatable bonds is 8.